The van der Waals surface area contributed by atoms with Crippen LogP contribution in [0, 0.1) is 5.92 Å². The molecule has 0 unspecified atom stereocenters. The van der Waals surface area contributed by atoms with Gasteiger partial charge >= 0.3 is 0 Å². The van der Waals surface area contributed by atoms with Gasteiger partial charge in [0.25, 0.3) is 5.91 Å². The maximum atomic E-state index is 13.4. The number of anilines is 2. The van der Waals surface area contributed by atoms with E-state index in [1.54, 1.807) is 19.5 Å². The molecule has 0 radical (unpaired) electrons. The minimum absolute atomic E-state index is 0.0164. The molecule has 34 heavy (non-hydrogen) atoms. The van der Waals surface area contributed by atoms with Crippen LogP contribution in [0.1, 0.15) is 35.3 Å². The van der Waals surface area contributed by atoms with Crippen LogP contribution in [-0.2, 0) is 6.42 Å². The monoisotopic (exact) mass is 456 g/mol. The highest BCUT2D eigenvalue weighted by Gasteiger charge is 2.24. The minimum atomic E-state index is 0.0164. The average molecular weight is 457 g/mol. The number of imidazole rings is 1. The van der Waals surface area contributed by atoms with Gasteiger partial charge in [-0.2, -0.15) is 0 Å². The van der Waals surface area contributed by atoms with Crippen molar-refractivity contribution in [2.24, 2.45) is 5.92 Å². The van der Waals surface area contributed by atoms with Crippen LogP contribution in [0.15, 0.2) is 67.4 Å². The zero-order chi connectivity index (χ0) is 23.3. The van der Waals surface area contributed by atoms with Gasteiger partial charge in [0.15, 0.2) is 5.65 Å². The number of nitrogens with one attached hydrogen (secondary N) is 1. The van der Waals surface area contributed by atoms with E-state index in [-0.39, 0.29) is 5.91 Å². The van der Waals surface area contributed by atoms with Gasteiger partial charge in [-0.1, -0.05) is 0 Å². The Morgan fingerprint density at radius 2 is 1.97 bits per heavy atom. The number of methoxy groups -OCH3 is 1. The smallest absolute Gasteiger partial charge is 0.257 e. The van der Waals surface area contributed by atoms with Crippen molar-refractivity contribution >= 4 is 23.1 Å². The maximum Gasteiger partial charge on any atom is 0.257 e. The van der Waals surface area contributed by atoms with Crippen LogP contribution in [0.3, 0.4) is 0 Å². The van der Waals surface area contributed by atoms with E-state index < -0.39 is 0 Å². The highest BCUT2D eigenvalue weighted by Crippen LogP contribution is 2.25. The molecule has 1 aliphatic heterocycles. The van der Waals surface area contributed by atoms with Crippen molar-refractivity contribution in [1.29, 1.82) is 0 Å². The van der Waals surface area contributed by atoms with E-state index in [1.807, 2.05) is 58.1 Å². The third-order valence-electron chi connectivity index (χ3n) is 6.36. The van der Waals surface area contributed by atoms with Gasteiger partial charge in [-0.05, 0) is 68.0 Å². The largest absolute Gasteiger partial charge is 0.497 e. The fourth-order valence-electron chi connectivity index (χ4n) is 4.50. The summed E-state index contributed by atoms with van der Waals surface area (Å²) in [4.78, 5) is 28.7. The molecule has 1 N–H and O–H groups in total. The molecular formula is C26H28N6O2. The second-order valence-corrected chi connectivity index (χ2v) is 8.62. The molecule has 1 aliphatic rings. The Kier molecular flexibility index (Phi) is 6.38. The highest BCUT2D eigenvalue weighted by molar-refractivity contribution is 5.99. The molecule has 0 saturated carbocycles. The second kappa shape index (κ2) is 9.91. The van der Waals surface area contributed by atoms with Crippen molar-refractivity contribution in [2.45, 2.75) is 25.7 Å². The first-order chi connectivity index (χ1) is 16.7. The van der Waals surface area contributed by atoms with Gasteiger partial charge in [0.2, 0.25) is 0 Å². The van der Waals surface area contributed by atoms with Crippen LogP contribution in [0.4, 0.5) is 11.5 Å². The SMILES string of the molecule is COc1ccc(Nc2ncccc2C(=O)N2CCC[C@H](Cc3cn4ccnc4cn3)CC2)cc1. The molecule has 4 aromatic rings. The number of rotatable bonds is 6. The number of carbonyl (C=O) groups is 1. The molecule has 1 aromatic carbocycles. The quantitative estimate of drug-likeness (QED) is 0.464. The number of carbonyl (C=O) groups excluding carboxylic acids is 1. The third kappa shape index (κ3) is 4.85. The fourth-order valence-corrected chi connectivity index (χ4v) is 4.50. The van der Waals surface area contributed by atoms with Crippen molar-refractivity contribution in [3.63, 3.8) is 0 Å². The predicted molar refractivity (Wildman–Crippen MR) is 130 cm³/mol. The van der Waals surface area contributed by atoms with Crippen LogP contribution < -0.4 is 10.1 Å². The van der Waals surface area contributed by atoms with Crippen molar-refractivity contribution in [1.82, 2.24) is 24.3 Å². The van der Waals surface area contributed by atoms with E-state index in [1.165, 1.54) is 0 Å². The zero-order valence-corrected chi connectivity index (χ0v) is 19.2. The van der Waals surface area contributed by atoms with E-state index >= 15 is 0 Å². The summed E-state index contributed by atoms with van der Waals surface area (Å²) >= 11 is 0. The number of benzene rings is 1. The van der Waals surface area contributed by atoms with Crippen molar-refractivity contribution in [3.05, 3.63) is 78.6 Å². The third-order valence-corrected chi connectivity index (χ3v) is 6.36. The van der Waals surface area contributed by atoms with E-state index in [0.717, 1.165) is 61.6 Å². The average Bonchev–Trinajstić information content (AvgIpc) is 3.22. The minimum Gasteiger partial charge on any atom is -0.497 e. The molecule has 0 bridgehead atoms. The number of nitrogens with zero attached hydrogens (tertiary/aromatic N) is 5. The first kappa shape index (κ1) is 21.9. The lowest BCUT2D eigenvalue weighted by molar-refractivity contribution is 0.0760. The lowest BCUT2D eigenvalue weighted by Crippen LogP contribution is -2.32. The topological polar surface area (TPSA) is 84.7 Å². The summed E-state index contributed by atoms with van der Waals surface area (Å²) in [5.74, 6) is 1.86. The van der Waals surface area contributed by atoms with Crippen LogP contribution in [0.2, 0.25) is 0 Å². The fraction of sp³-hybridized carbons (Fsp3) is 0.308. The van der Waals surface area contributed by atoms with Crippen LogP contribution in [0.25, 0.3) is 5.65 Å². The highest BCUT2D eigenvalue weighted by atomic mass is 16.5. The summed E-state index contributed by atoms with van der Waals surface area (Å²) in [6.45, 7) is 1.48. The van der Waals surface area contributed by atoms with Gasteiger partial charge in [0, 0.05) is 43.6 Å². The second-order valence-electron chi connectivity index (χ2n) is 8.62. The normalized spacial score (nSPS) is 16.3. The van der Waals surface area contributed by atoms with Gasteiger partial charge < -0.3 is 19.4 Å². The summed E-state index contributed by atoms with van der Waals surface area (Å²) < 4.78 is 7.23. The van der Waals surface area contributed by atoms with Crippen LogP contribution in [0.5, 0.6) is 5.75 Å². The Hall–Kier alpha value is -3.94. The number of hydrogen-bond acceptors (Lipinski definition) is 6. The molecular weight excluding hydrogens is 428 g/mol. The molecule has 4 heterocycles. The molecule has 1 atom stereocenters. The number of amides is 1. The molecule has 174 valence electrons. The number of likely N-dealkylation sites (tertiary alicyclic amines) is 1. The Morgan fingerprint density at radius 1 is 1.09 bits per heavy atom. The van der Waals surface area contributed by atoms with E-state index in [9.17, 15) is 4.79 Å². The van der Waals surface area contributed by atoms with E-state index in [0.29, 0.717) is 17.3 Å². The van der Waals surface area contributed by atoms with Crippen molar-refractivity contribution in [3.8, 4) is 5.75 Å². The summed E-state index contributed by atoms with van der Waals surface area (Å²) in [6, 6.07) is 11.2. The Bertz CT molecular complexity index is 1270. The zero-order valence-electron chi connectivity index (χ0n) is 19.2. The summed E-state index contributed by atoms with van der Waals surface area (Å²) in [5.41, 5.74) is 3.36. The molecule has 1 fully saturated rings. The number of ether oxygens (including phenoxy) is 1. The molecule has 8 nitrogen and oxygen atoms in total. The van der Waals surface area contributed by atoms with Gasteiger partial charge in [-0.25, -0.2) is 9.97 Å². The Balaban J connectivity index is 1.25. The number of hydrogen-bond donors (Lipinski definition) is 1. The van der Waals surface area contributed by atoms with Gasteiger partial charge in [0.05, 0.1) is 24.6 Å². The lowest BCUT2D eigenvalue weighted by atomic mass is 9.95. The van der Waals surface area contributed by atoms with Gasteiger partial charge in [0.1, 0.15) is 11.6 Å². The molecule has 3 aromatic heterocycles. The maximum absolute atomic E-state index is 13.4. The standard InChI is InChI=1S/C26H28N6O2/c1-34-22-8-6-20(7-9-22)30-25-23(5-2-11-28-25)26(33)31-13-3-4-19(10-14-31)16-21-18-32-15-12-27-24(32)17-29-21/h2,5-9,11-12,15,17-19H,3-4,10,13-14,16H2,1H3,(H,28,30)/t19-/m0/s1. The number of aromatic nitrogens is 4. The summed E-state index contributed by atoms with van der Waals surface area (Å²) in [7, 11) is 1.64. The Morgan fingerprint density at radius 3 is 2.82 bits per heavy atom. The molecule has 0 spiro atoms. The van der Waals surface area contributed by atoms with Crippen LogP contribution >= 0.6 is 0 Å². The lowest BCUT2D eigenvalue weighted by Gasteiger charge is -2.22. The molecule has 8 heteroatoms. The van der Waals surface area contributed by atoms with Crippen LogP contribution in [-0.4, -0.2) is 50.4 Å². The number of pyridine rings is 1. The summed E-state index contributed by atoms with van der Waals surface area (Å²) in [6.07, 6.45) is 13.2. The molecule has 1 saturated heterocycles. The summed E-state index contributed by atoms with van der Waals surface area (Å²) in [5, 5.41) is 3.28. The molecule has 5 rings (SSSR count). The first-order valence-electron chi connectivity index (χ1n) is 11.6. The van der Waals surface area contributed by atoms with E-state index in [2.05, 4.69) is 26.5 Å². The predicted octanol–water partition coefficient (Wildman–Crippen LogP) is 4.36. The molecule has 0 aliphatic carbocycles. The van der Waals surface area contributed by atoms with Gasteiger partial charge in [-0.3, -0.25) is 9.78 Å². The van der Waals surface area contributed by atoms with Crippen molar-refractivity contribution in [2.75, 3.05) is 25.5 Å². The van der Waals surface area contributed by atoms with Gasteiger partial charge in [-0.15, -0.1) is 0 Å². The molecule has 1 amide bonds. The van der Waals surface area contributed by atoms with E-state index in [4.69, 9.17) is 4.74 Å². The Labute approximate surface area is 198 Å². The van der Waals surface area contributed by atoms with Crippen molar-refractivity contribution < 1.29 is 9.53 Å². The first-order valence-corrected chi connectivity index (χ1v) is 11.6. The number of fused-ring (bicyclic) bond motifs is 1.